The normalized spacial score (nSPS) is 13.8. The van der Waals surface area contributed by atoms with Crippen molar-refractivity contribution in [2.75, 3.05) is 12.3 Å². The maximum atomic E-state index is 9.23. The largest absolute Gasteiger partial charge is 0.300 e. The zero-order chi connectivity index (χ0) is 15.1. The fourth-order valence-electron chi connectivity index (χ4n) is 2.45. The summed E-state index contributed by atoms with van der Waals surface area (Å²) < 4.78 is 0. The maximum absolute atomic E-state index is 9.23. The van der Waals surface area contributed by atoms with Crippen molar-refractivity contribution >= 4 is 22.5 Å². The number of nitrogens with zero attached hydrogens (tertiary/aromatic N) is 1. The molecule has 0 aromatic heterocycles. The number of fused-ring (bicyclic) bond motifs is 1. The highest BCUT2D eigenvalue weighted by molar-refractivity contribution is 7.99. The third-order valence-electron chi connectivity index (χ3n) is 3.62. The summed E-state index contributed by atoms with van der Waals surface area (Å²) >= 11 is 1.87. The molecule has 0 aliphatic rings. The topological polar surface area (TPSA) is 35.8 Å². The van der Waals surface area contributed by atoms with Crippen LogP contribution in [0.15, 0.2) is 47.4 Å². The van der Waals surface area contributed by atoms with Crippen molar-refractivity contribution in [1.82, 2.24) is 5.32 Å². The van der Waals surface area contributed by atoms with Gasteiger partial charge in [-0.2, -0.15) is 5.26 Å². The third kappa shape index (κ3) is 4.49. The summed E-state index contributed by atoms with van der Waals surface area (Å²) in [6.45, 7) is 4.86. The first-order chi connectivity index (χ1) is 10.2. The molecule has 21 heavy (non-hydrogen) atoms. The number of hydrogen-bond donors (Lipinski definition) is 1. The van der Waals surface area contributed by atoms with Crippen LogP contribution in [0.1, 0.15) is 26.7 Å². The number of hydrogen-bond acceptors (Lipinski definition) is 3. The Balaban J connectivity index is 1.86. The molecule has 1 N–H and O–H groups in total. The Labute approximate surface area is 131 Å². The molecular formula is C18H22N2S. The van der Waals surface area contributed by atoms with Gasteiger partial charge in [0.2, 0.25) is 0 Å². The summed E-state index contributed by atoms with van der Waals surface area (Å²) in [5.41, 5.74) is -0.390. The lowest BCUT2D eigenvalue weighted by atomic mass is 9.98. The van der Waals surface area contributed by atoms with Crippen LogP contribution in [-0.4, -0.2) is 17.8 Å². The van der Waals surface area contributed by atoms with Crippen LogP contribution in [-0.2, 0) is 0 Å². The molecule has 0 bridgehead atoms. The minimum absolute atomic E-state index is 0.390. The average Bonchev–Trinajstić information content (AvgIpc) is 2.52. The monoisotopic (exact) mass is 298 g/mol. The Bertz CT molecular complexity index is 632. The smallest absolute Gasteiger partial charge is 0.103 e. The summed E-state index contributed by atoms with van der Waals surface area (Å²) in [5.74, 6) is 1.04. The van der Waals surface area contributed by atoms with Crippen LogP contribution >= 0.6 is 11.8 Å². The number of nitriles is 1. The van der Waals surface area contributed by atoms with E-state index in [1.54, 1.807) is 0 Å². The van der Waals surface area contributed by atoms with Crippen LogP contribution in [0.25, 0.3) is 10.8 Å². The van der Waals surface area contributed by atoms with E-state index < -0.39 is 5.54 Å². The van der Waals surface area contributed by atoms with E-state index in [4.69, 9.17) is 0 Å². The van der Waals surface area contributed by atoms with Crippen molar-refractivity contribution in [3.8, 4) is 6.07 Å². The van der Waals surface area contributed by atoms with E-state index in [0.29, 0.717) is 0 Å². The predicted molar refractivity (Wildman–Crippen MR) is 91.6 cm³/mol. The zero-order valence-electron chi connectivity index (χ0n) is 12.7. The summed E-state index contributed by atoms with van der Waals surface area (Å²) in [5, 5.41) is 15.1. The third-order valence-corrected chi connectivity index (χ3v) is 4.70. The van der Waals surface area contributed by atoms with Gasteiger partial charge in [0.15, 0.2) is 0 Å². The highest BCUT2D eigenvalue weighted by Gasteiger charge is 2.21. The first kappa shape index (κ1) is 15.9. The van der Waals surface area contributed by atoms with Crippen molar-refractivity contribution in [3.05, 3.63) is 42.5 Å². The molecule has 2 aromatic carbocycles. The second-order valence-corrected chi connectivity index (χ2v) is 6.60. The molecule has 0 amide bonds. The van der Waals surface area contributed by atoms with Crippen molar-refractivity contribution < 1.29 is 0 Å². The quantitative estimate of drug-likeness (QED) is 0.599. The first-order valence-corrected chi connectivity index (χ1v) is 8.43. The van der Waals surface area contributed by atoms with Crippen molar-refractivity contribution in [3.63, 3.8) is 0 Å². The molecule has 1 atom stereocenters. The van der Waals surface area contributed by atoms with E-state index in [1.807, 2.05) is 25.6 Å². The van der Waals surface area contributed by atoms with Crippen molar-refractivity contribution in [1.29, 1.82) is 5.26 Å². The zero-order valence-corrected chi connectivity index (χ0v) is 13.5. The van der Waals surface area contributed by atoms with Gasteiger partial charge < -0.3 is 0 Å². The Kier molecular flexibility index (Phi) is 5.67. The van der Waals surface area contributed by atoms with Gasteiger partial charge in [0, 0.05) is 4.90 Å². The standard InChI is InChI=1S/C18H22N2S/c1-3-20-18(2,14-19)11-6-12-21-17-10-9-15-7-4-5-8-16(15)13-17/h4-5,7-10,13,20H,3,6,11-12H2,1-2H3. The molecule has 0 aliphatic heterocycles. The minimum Gasteiger partial charge on any atom is -0.300 e. The molecule has 0 fully saturated rings. The molecule has 0 heterocycles. The van der Waals surface area contributed by atoms with Gasteiger partial charge in [0.05, 0.1) is 6.07 Å². The first-order valence-electron chi connectivity index (χ1n) is 7.45. The van der Waals surface area contributed by atoms with Crippen LogP contribution in [0.5, 0.6) is 0 Å². The molecule has 0 aliphatic carbocycles. The number of benzene rings is 2. The Hall–Kier alpha value is -1.50. The molecular weight excluding hydrogens is 276 g/mol. The number of nitrogens with one attached hydrogen (secondary N) is 1. The van der Waals surface area contributed by atoms with E-state index in [2.05, 4.69) is 53.9 Å². The van der Waals surface area contributed by atoms with Crippen LogP contribution in [0.2, 0.25) is 0 Å². The number of thioether (sulfide) groups is 1. The summed E-state index contributed by atoms with van der Waals surface area (Å²) in [6, 6.07) is 17.4. The van der Waals surface area contributed by atoms with E-state index in [0.717, 1.165) is 25.1 Å². The molecule has 1 unspecified atom stereocenters. The molecule has 0 saturated carbocycles. The SMILES string of the molecule is CCNC(C)(C#N)CCCSc1ccc2ccccc2c1. The Morgan fingerprint density at radius 3 is 2.67 bits per heavy atom. The van der Waals surface area contributed by atoms with Gasteiger partial charge in [-0.3, -0.25) is 5.32 Å². The molecule has 0 saturated heterocycles. The second-order valence-electron chi connectivity index (χ2n) is 5.44. The summed E-state index contributed by atoms with van der Waals surface area (Å²) in [7, 11) is 0. The molecule has 2 aromatic rings. The van der Waals surface area contributed by atoms with Crippen LogP contribution in [0.3, 0.4) is 0 Å². The molecule has 2 rings (SSSR count). The van der Waals surface area contributed by atoms with Crippen molar-refractivity contribution in [2.24, 2.45) is 0 Å². The van der Waals surface area contributed by atoms with E-state index in [9.17, 15) is 5.26 Å². The van der Waals surface area contributed by atoms with Gasteiger partial charge >= 0.3 is 0 Å². The highest BCUT2D eigenvalue weighted by Crippen LogP contribution is 2.25. The fourth-order valence-corrected chi connectivity index (χ4v) is 3.35. The predicted octanol–water partition coefficient (Wildman–Crippen LogP) is 4.60. The summed E-state index contributed by atoms with van der Waals surface area (Å²) in [6.07, 6.45) is 1.92. The molecule has 0 spiro atoms. The van der Waals surface area contributed by atoms with Crippen LogP contribution in [0, 0.1) is 11.3 Å². The lowest BCUT2D eigenvalue weighted by Gasteiger charge is -2.22. The average molecular weight is 298 g/mol. The molecule has 2 nitrogen and oxygen atoms in total. The van der Waals surface area contributed by atoms with Crippen LogP contribution < -0.4 is 5.32 Å². The fraction of sp³-hybridized carbons (Fsp3) is 0.389. The molecule has 110 valence electrons. The van der Waals surface area contributed by atoms with Gasteiger partial charge in [-0.15, -0.1) is 11.8 Å². The van der Waals surface area contributed by atoms with E-state index >= 15 is 0 Å². The Morgan fingerprint density at radius 1 is 1.19 bits per heavy atom. The lowest BCUT2D eigenvalue weighted by molar-refractivity contribution is 0.426. The Morgan fingerprint density at radius 2 is 1.95 bits per heavy atom. The maximum Gasteiger partial charge on any atom is 0.103 e. The van der Waals surface area contributed by atoms with Gasteiger partial charge in [0.25, 0.3) is 0 Å². The van der Waals surface area contributed by atoms with Gasteiger partial charge in [-0.05, 0) is 55.0 Å². The van der Waals surface area contributed by atoms with Gasteiger partial charge in [0.1, 0.15) is 5.54 Å². The van der Waals surface area contributed by atoms with Gasteiger partial charge in [-0.1, -0.05) is 37.3 Å². The second kappa shape index (κ2) is 7.49. The number of rotatable bonds is 7. The van der Waals surface area contributed by atoms with Crippen LogP contribution in [0.4, 0.5) is 0 Å². The van der Waals surface area contributed by atoms with E-state index in [1.165, 1.54) is 15.7 Å². The van der Waals surface area contributed by atoms with E-state index in [-0.39, 0.29) is 0 Å². The van der Waals surface area contributed by atoms with Crippen molar-refractivity contribution in [2.45, 2.75) is 37.1 Å². The summed E-state index contributed by atoms with van der Waals surface area (Å²) in [4.78, 5) is 1.30. The highest BCUT2D eigenvalue weighted by atomic mass is 32.2. The van der Waals surface area contributed by atoms with Gasteiger partial charge in [-0.25, -0.2) is 0 Å². The molecule has 3 heteroatoms. The minimum atomic E-state index is -0.390. The lowest BCUT2D eigenvalue weighted by Crippen LogP contribution is -2.40. The molecule has 0 radical (unpaired) electrons.